The molecule has 4 heteroatoms. The number of rotatable bonds is 4. The molecule has 0 spiro atoms. The van der Waals surface area contributed by atoms with E-state index < -0.39 is 0 Å². The molecule has 0 aliphatic heterocycles. The molecular formula is C16H13NO2S. The van der Waals surface area contributed by atoms with Gasteiger partial charge in [-0.3, -0.25) is 0 Å². The van der Waals surface area contributed by atoms with E-state index in [9.17, 15) is 0 Å². The average Bonchev–Trinajstić information content (AvgIpc) is 3.14. The van der Waals surface area contributed by atoms with Crippen LogP contribution in [-0.4, -0.2) is 4.99 Å². The van der Waals surface area contributed by atoms with Gasteiger partial charge >= 0.3 is 0 Å². The molecule has 0 aliphatic rings. The fraction of sp³-hybridized carbons (Fsp3) is 0.0625. The summed E-state index contributed by atoms with van der Waals surface area (Å²) < 4.78 is 11.0. The normalized spacial score (nSPS) is 10.7. The second-order valence-electron chi connectivity index (χ2n) is 4.32. The largest absolute Gasteiger partial charge is 0.468 e. The highest BCUT2D eigenvalue weighted by Crippen LogP contribution is 2.28. The van der Waals surface area contributed by atoms with Crippen molar-refractivity contribution in [2.24, 2.45) is 0 Å². The summed E-state index contributed by atoms with van der Waals surface area (Å²) in [6.07, 6.45) is 3.27. The average molecular weight is 283 g/mol. The molecule has 3 rings (SSSR count). The van der Waals surface area contributed by atoms with E-state index in [1.54, 1.807) is 12.5 Å². The van der Waals surface area contributed by atoms with Gasteiger partial charge in [0.05, 0.1) is 17.5 Å². The zero-order valence-corrected chi connectivity index (χ0v) is 11.5. The summed E-state index contributed by atoms with van der Waals surface area (Å²) in [7, 11) is 0. The first-order chi connectivity index (χ1) is 9.84. The Labute approximate surface area is 122 Å². The van der Waals surface area contributed by atoms with E-state index in [0.717, 1.165) is 17.2 Å². The molecular weight excluding hydrogens is 270 g/mol. The van der Waals surface area contributed by atoms with E-state index in [4.69, 9.17) is 21.1 Å². The van der Waals surface area contributed by atoms with Crippen molar-refractivity contribution in [3.63, 3.8) is 0 Å². The minimum atomic E-state index is -0.227. The summed E-state index contributed by atoms with van der Waals surface area (Å²) in [5, 5.41) is 3.23. The maximum atomic E-state index is 5.52. The van der Waals surface area contributed by atoms with Gasteiger partial charge in [0.15, 0.2) is 0 Å². The van der Waals surface area contributed by atoms with Crippen molar-refractivity contribution in [3.05, 3.63) is 78.6 Å². The number of benzene rings is 1. The van der Waals surface area contributed by atoms with Crippen LogP contribution >= 0.6 is 12.2 Å². The van der Waals surface area contributed by atoms with E-state index in [2.05, 4.69) is 5.32 Å². The van der Waals surface area contributed by atoms with Crippen LogP contribution in [0, 0.1) is 0 Å². The van der Waals surface area contributed by atoms with Crippen LogP contribution in [0.2, 0.25) is 0 Å². The van der Waals surface area contributed by atoms with Crippen LogP contribution in [0.15, 0.2) is 76.0 Å². The standard InChI is InChI=1S/C16H13NO2S/c20-16(17-12-6-2-1-3-7-12)15(13-8-4-10-18-13)14-9-5-11-19-14/h1-11,15H,(H,17,20). The van der Waals surface area contributed by atoms with Gasteiger partial charge < -0.3 is 14.2 Å². The Hall–Kier alpha value is -2.33. The van der Waals surface area contributed by atoms with Gasteiger partial charge in [-0.1, -0.05) is 30.4 Å². The van der Waals surface area contributed by atoms with Crippen molar-refractivity contribution in [2.75, 3.05) is 5.32 Å². The maximum Gasteiger partial charge on any atom is 0.125 e. The van der Waals surface area contributed by atoms with Gasteiger partial charge in [-0.25, -0.2) is 0 Å². The lowest BCUT2D eigenvalue weighted by atomic mass is 10.0. The Bertz CT molecular complexity index is 626. The summed E-state index contributed by atoms with van der Waals surface area (Å²) >= 11 is 5.52. The molecule has 100 valence electrons. The van der Waals surface area contributed by atoms with Gasteiger partial charge in [-0.15, -0.1) is 0 Å². The first-order valence-corrected chi connectivity index (χ1v) is 6.68. The molecule has 0 fully saturated rings. The molecule has 1 aromatic carbocycles. The molecule has 2 aromatic heterocycles. The molecule has 0 aliphatic carbocycles. The van der Waals surface area contributed by atoms with Crippen LogP contribution in [0.3, 0.4) is 0 Å². The van der Waals surface area contributed by atoms with Crippen molar-refractivity contribution in [3.8, 4) is 0 Å². The van der Waals surface area contributed by atoms with Crippen LogP contribution in [0.5, 0.6) is 0 Å². The van der Waals surface area contributed by atoms with E-state index in [-0.39, 0.29) is 5.92 Å². The van der Waals surface area contributed by atoms with Crippen LogP contribution in [-0.2, 0) is 0 Å². The molecule has 0 atom stereocenters. The first kappa shape index (κ1) is 12.7. The van der Waals surface area contributed by atoms with E-state index in [1.165, 1.54) is 0 Å². The number of anilines is 1. The summed E-state index contributed by atoms with van der Waals surface area (Å²) in [5.74, 6) is 1.29. The van der Waals surface area contributed by atoms with Crippen molar-refractivity contribution in [1.82, 2.24) is 0 Å². The summed E-state index contributed by atoms with van der Waals surface area (Å²) in [6.45, 7) is 0. The van der Waals surface area contributed by atoms with Gasteiger partial charge in [-0.2, -0.15) is 0 Å². The first-order valence-electron chi connectivity index (χ1n) is 6.27. The van der Waals surface area contributed by atoms with Crippen LogP contribution < -0.4 is 5.32 Å². The molecule has 1 N–H and O–H groups in total. The smallest absolute Gasteiger partial charge is 0.125 e. The number of furan rings is 2. The third-order valence-electron chi connectivity index (χ3n) is 2.96. The van der Waals surface area contributed by atoms with Gasteiger partial charge in [0, 0.05) is 5.69 Å². The fourth-order valence-corrected chi connectivity index (χ4v) is 2.40. The molecule has 0 saturated heterocycles. The quantitative estimate of drug-likeness (QED) is 0.718. The minimum absolute atomic E-state index is 0.227. The summed E-state index contributed by atoms with van der Waals surface area (Å²) in [5.41, 5.74) is 0.945. The third-order valence-corrected chi connectivity index (χ3v) is 3.30. The molecule has 0 unspecified atom stereocenters. The van der Waals surface area contributed by atoms with Crippen LogP contribution in [0.25, 0.3) is 0 Å². The van der Waals surface area contributed by atoms with Crippen molar-refractivity contribution in [1.29, 1.82) is 0 Å². The Kier molecular flexibility index (Phi) is 3.65. The Morgan fingerprint density at radius 3 is 1.95 bits per heavy atom. The molecule has 3 aromatic rings. The number of nitrogens with one attached hydrogen (secondary N) is 1. The predicted molar refractivity (Wildman–Crippen MR) is 81.9 cm³/mol. The number of hydrogen-bond donors (Lipinski definition) is 1. The van der Waals surface area contributed by atoms with E-state index in [1.807, 2.05) is 54.6 Å². The second-order valence-corrected chi connectivity index (χ2v) is 4.76. The monoisotopic (exact) mass is 283 g/mol. The Balaban J connectivity index is 1.88. The van der Waals surface area contributed by atoms with E-state index >= 15 is 0 Å². The van der Waals surface area contributed by atoms with Crippen molar-refractivity contribution < 1.29 is 8.83 Å². The molecule has 0 saturated carbocycles. The summed E-state index contributed by atoms with van der Waals surface area (Å²) in [4.78, 5) is 0.640. The number of para-hydroxylation sites is 1. The molecule has 20 heavy (non-hydrogen) atoms. The van der Waals surface area contributed by atoms with Crippen molar-refractivity contribution in [2.45, 2.75) is 5.92 Å². The lowest BCUT2D eigenvalue weighted by molar-refractivity contribution is 0.463. The molecule has 3 nitrogen and oxygen atoms in total. The second kappa shape index (κ2) is 5.75. The molecule has 0 bridgehead atoms. The third kappa shape index (κ3) is 2.65. The SMILES string of the molecule is S=C(Nc1ccccc1)C(c1ccco1)c1ccco1. The van der Waals surface area contributed by atoms with Crippen LogP contribution in [0.4, 0.5) is 5.69 Å². The zero-order chi connectivity index (χ0) is 13.8. The lowest BCUT2D eigenvalue weighted by Crippen LogP contribution is -2.19. The van der Waals surface area contributed by atoms with Crippen LogP contribution in [0.1, 0.15) is 17.4 Å². The Morgan fingerprint density at radius 1 is 0.850 bits per heavy atom. The molecule has 2 heterocycles. The Morgan fingerprint density at radius 2 is 1.45 bits per heavy atom. The number of thiocarbonyl (C=S) groups is 1. The fourth-order valence-electron chi connectivity index (χ4n) is 2.05. The zero-order valence-electron chi connectivity index (χ0n) is 10.7. The highest BCUT2D eigenvalue weighted by molar-refractivity contribution is 7.80. The van der Waals surface area contributed by atoms with Gasteiger partial charge in [0.25, 0.3) is 0 Å². The van der Waals surface area contributed by atoms with Gasteiger partial charge in [0.2, 0.25) is 0 Å². The lowest BCUT2D eigenvalue weighted by Gasteiger charge is -2.15. The van der Waals surface area contributed by atoms with Gasteiger partial charge in [0.1, 0.15) is 17.4 Å². The maximum absolute atomic E-state index is 5.52. The topological polar surface area (TPSA) is 38.3 Å². The summed E-state index contributed by atoms with van der Waals surface area (Å²) in [6, 6.07) is 17.3. The van der Waals surface area contributed by atoms with Crippen molar-refractivity contribution >= 4 is 22.9 Å². The van der Waals surface area contributed by atoms with E-state index in [0.29, 0.717) is 4.99 Å². The minimum Gasteiger partial charge on any atom is -0.468 e. The highest BCUT2D eigenvalue weighted by atomic mass is 32.1. The number of hydrogen-bond acceptors (Lipinski definition) is 3. The molecule has 0 radical (unpaired) electrons. The van der Waals surface area contributed by atoms with Gasteiger partial charge in [-0.05, 0) is 36.4 Å². The predicted octanol–water partition coefficient (Wildman–Crippen LogP) is 4.44. The highest BCUT2D eigenvalue weighted by Gasteiger charge is 2.24. The molecule has 0 amide bonds.